The molecule has 0 aromatic heterocycles. The molecule has 0 aliphatic rings. The van der Waals surface area contributed by atoms with Crippen LogP contribution < -0.4 is 0 Å². The molecular weight excluding hydrogens is 190 g/mol. The van der Waals surface area contributed by atoms with Gasteiger partial charge < -0.3 is 0 Å². The molecule has 0 rings (SSSR count). The fraction of sp³-hybridized carbons (Fsp3) is 0. The first-order valence-corrected chi connectivity index (χ1v) is 0. The summed E-state index contributed by atoms with van der Waals surface area (Å²) in [5.74, 6) is 0. The molecule has 0 spiro atoms. The van der Waals surface area contributed by atoms with Crippen LogP contribution in [0.5, 0.6) is 0 Å². The second-order valence-corrected chi connectivity index (χ2v) is 0. The first-order valence-electron chi connectivity index (χ1n) is 0. The molecule has 0 amide bonds. The zero-order valence-corrected chi connectivity index (χ0v) is 1.22. The first-order chi connectivity index (χ1) is 0. The molecule has 4 heteroatoms. The van der Waals surface area contributed by atoms with Crippen LogP contribution >= 0.6 is 0 Å². The Bertz CT molecular complexity index is 3.25. The van der Waals surface area contributed by atoms with Gasteiger partial charge in [0.1, 0.15) is 0 Å². The van der Waals surface area contributed by atoms with Crippen molar-refractivity contribution in [2.75, 3.05) is 0 Å². The van der Waals surface area contributed by atoms with Crippen LogP contribution in [0.2, 0.25) is 0 Å². The molecule has 0 aliphatic carbocycles. The average molecular weight is 194 g/mol. The third kappa shape index (κ3) is 9.15. The Kier molecular flexibility index (Phi) is 213. The van der Waals surface area contributed by atoms with Gasteiger partial charge >= 0.3 is 68.9 Å². The predicted octanol–water partition coefficient (Wildman–Crippen LogP) is -0.191. The summed E-state index contributed by atoms with van der Waals surface area (Å²) >= 11 is 0. The van der Waals surface area contributed by atoms with Crippen LogP contribution in [0.25, 0.3) is 0 Å². The van der Waals surface area contributed by atoms with Gasteiger partial charge in [0, 0.05) is 0 Å². The van der Waals surface area contributed by atoms with Gasteiger partial charge in [0.25, 0.3) is 0 Å². The molecule has 0 bridgehead atoms. The molecule has 0 saturated heterocycles. The van der Waals surface area contributed by atoms with Gasteiger partial charge in [-0.1, -0.05) is 0 Å². The molecule has 0 radical (unpaired) electrons. The molecule has 0 N–H and O–H groups in total. The van der Waals surface area contributed by atoms with Crippen molar-refractivity contribution < 1.29 is 14.1 Å². The quantitative estimate of drug-likeness (QED) is 0.501. The predicted molar refractivity (Wildman–Crippen MR) is 14.7 cm³/mol. The van der Waals surface area contributed by atoms with Crippen LogP contribution in [-0.4, -0.2) is 68.9 Å². The molecule has 0 saturated carbocycles. The molecule has 0 aromatic rings. The second-order valence-electron chi connectivity index (χ2n) is 0. The van der Waals surface area contributed by atoms with E-state index >= 15 is 0 Å². The summed E-state index contributed by atoms with van der Waals surface area (Å²) in [6, 6.07) is 0. The van der Waals surface area contributed by atoms with Crippen LogP contribution in [-0.2, 0) is 0 Å². The molecule has 0 unspecified atom stereocenters. The Morgan fingerprint density at radius 1 is 0.500 bits per heavy atom. The summed E-state index contributed by atoms with van der Waals surface area (Å²) in [6.45, 7) is 0. The molecule has 0 fully saturated rings. The van der Waals surface area contributed by atoms with E-state index in [0.717, 1.165) is 0 Å². The summed E-state index contributed by atoms with van der Waals surface area (Å²) in [7, 11) is 0. The Morgan fingerprint density at radius 2 is 0.500 bits per heavy atom. The van der Waals surface area contributed by atoms with Crippen molar-refractivity contribution in [2.24, 2.45) is 0 Å². The molecule has 0 heterocycles. The Hall–Kier alpha value is 1.84. The zero-order valence-electron chi connectivity index (χ0n) is 1.22. The third-order valence-corrected chi connectivity index (χ3v) is 0. The summed E-state index contributed by atoms with van der Waals surface area (Å²) in [5.41, 5.74) is 0. The molecule has 0 aromatic carbocycles. The van der Waals surface area contributed by atoms with E-state index < -0.39 is 0 Å². The topological polar surface area (TPSA) is 0 Å². The van der Waals surface area contributed by atoms with Crippen LogP contribution in [0.15, 0.2) is 0 Å². The van der Waals surface area contributed by atoms with Crippen molar-refractivity contribution in [3.8, 4) is 0 Å². The fourth-order valence-corrected chi connectivity index (χ4v) is 0. The van der Waals surface area contributed by atoms with Gasteiger partial charge in [-0.25, -0.2) is 0 Å². The molecular formula is H4CsF3. The van der Waals surface area contributed by atoms with Gasteiger partial charge in [-0.3, -0.25) is 14.1 Å². The molecule has 26 valence electrons. The minimum atomic E-state index is 0. The van der Waals surface area contributed by atoms with E-state index in [1.165, 1.54) is 0 Å². The van der Waals surface area contributed by atoms with Crippen molar-refractivity contribution >= 4 is 68.9 Å². The van der Waals surface area contributed by atoms with Crippen molar-refractivity contribution in [3.63, 3.8) is 0 Å². The second kappa shape index (κ2) is 21.1. The molecule has 0 atom stereocenters. The number of hydrogen-bond acceptors (Lipinski definition) is 0. The van der Waals surface area contributed by atoms with Crippen LogP contribution in [0.1, 0.15) is 0 Å². The number of halogens is 3. The van der Waals surface area contributed by atoms with Crippen LogP contribution in [0, 0.1) is 0 Å². The van der Waals surface area contributed by atoms with E-state index in [9.17, 15) is 0 Å². The standard InChI is InChI=1S/Cs.3FH.H/h;3*1H;. The Morgan fingerprint density at radius 3 is 0.500 bits per heavy atom. The average Bonchev–Trinajstić information content (AvgIpc) is 0. The maximum atomic E-state index is 0. The minimum absolute atomic E-state index is 0. The molecule has 0 nitrogen and oxygen atoms in total. The van der Waals surface area contributed by atoms with E-state index in [1.54, 1.807) is 0 Å². The summed E-state index contributed by atoms with van der Waals surface area (Å²) in [5, 5.41) is 0. The monoisotopic (exact) mass is 194 g/mol. The van der Waals surface area contributed by atoms with E-state index in [-0.39, 0.29) is 83.0 Å². The van der Waals surface area contributed by atoms with E-state index in [2.05, 4.69) is 0 Å². The fourth-order valence-electron chi connectivity index (χ4n) is 0. The Labute approximate surface area is 80.9 Å². The normalized spacial score (nSPS) is 0. The summed E-state index contributed by atoms with van der Waals surface area (Å²) < 4.78 is 0. The van der Waals surface area contributed by atoms with E-state index in [1.807, 2.05) is 0 Å². The summed E-state index contributed by atoms with van der Waals surface area (Å²) in [6.07, 6.45) is 0. The van der Waals surface area contributed by atoms with Crippen molar-refractivity contribution in [2.45, 2.75) is 0 Å². The zero-order chi connectivity index (χ0) is 0. The van der Waals surface area contributed by atoms with Gasteiger partial charge in [0.15, 0.2) is 0 Å². The molecule has 4 heavy (non-hydrogen) atoms. The van der Waals surface area contributed by atoms with Gasteiger partial charge in [-0.2, -0.15) is 0 Å². The molecule has 0 aliphatic heterocycles. The first kappa shape index (κ1) is 40.4. The SMILES string of the molecule is F.F.F.[CsH]. The van der Waals surface area contributed by atoms with Crippen molar-refractivity contribution in [3.05, 3.63) is 0 Å². The van der Waals surface area contributed by atoms with Gasteiger partial charge in [0.2, 0.25) is 0 Å². The van der Waals surface area contributed by atoms with E-state index in [0.29, 0.717) is 0 Å². The van der Waals surface area contributed by atoms with Crippen molar-refractivity contribution in [1.82, 2.24) is 0 Å². The summed E-state index contributed by atoms with van der Waals surface area (Å²) in [4.78, 5) is 0. The number of rotatable bonds is 0. The van der Waals surface area contributed by atoms with Gasteiger partial charge in [-0.15, -0.1) is 0 Å². The maximum absolute atomic E-state index is 0. The van der Waals surface area contributed by atoms with Crippen LogP contribution in [0.3, 0.4) is 0 Å². The van der Waals surface area contributed by atoms with Crippen molar-refractivity contribution in [1.29, 1.82) is 0 Å². The van der Waals surface area contributed by atoms with E-state index in [4.69, 9.17) is 0 Å². The number of hydrogen-bond donors (Lipinski definition) is 0. The van der Waals surface area contributed by atoms with Crippen LogP contribution in [0.4, 0.5) is 14.1 Å². The Balaban J connectivity index is 0. The third-order valence-electron chi connectivity index (χ3n) is 0. The van der Waals surface area contributed by atoms with Gasteiger partial charge in [-0.05, 0) is 0 Å². The van der Waals surface area contributed by atoms with Gasteiger partial charge in [0.05, 0.1) is 0 Å².